The minimum Gasteiger partial charge on any atom is -0.370 e. The van der Waals surface area contributed by atoms with Gasteiger partial charge in [0.15, 0.2) is 5.82 Å². The highest BCUT2D eigenvalue weighted by atomic mass is 16.1. The number of carbonyl (C=O) groups is 1. The summed E-state index contributed by atoms with van der Waals surface area (Å²) in [6.45, 7) is 7.17. The fourth-order valence-electron chi connectivity index (χ4n) is 2.85. The van der Waals surface area contributed by atoms with Crippen molar-refractivity contribution in [1.29, 1.82) is 0 Å². The monoisotopic (exact) mass is 376 g/mol. The minimum absolute atomic E-state index is 0.127. The SMILES string of the molecule is CCNc1ccnc(-c2ccc(C(=O)NCCc3nc(C)cc(C)n3)cc2)n1. The molecule has 3 rings (SSSR count). The molecule has 0 aliphatic rings. The van der Waals surface area contributed by atoms with E-state index in [-0.39, 0.29) is 5.91 Å². The first kappa shape index (κ1) is 19.4. The summed E-state index contributed by atoms with van der Waals surface area (Å²) >= 11 is 0. The van der Waals surface area contributed by atoms with E-state index in [1.54, 1.807) is 18.3 Å². The summed E-state index contributed by atoms with van der Waals surface area (Å²) in [6.07, 6.45) is 2.31. The van der Waals surface area contributed by atoms with Gasteiger partial charge in [0.05, 0.1) is 0 Å². The van der Waals surface area contributed by atoms with Crippen molar-refractivity contribution in [2.24, 2.45) is 0 Å². The number of rotatable bonds is 7. The summed E-state index contributed by atoms with van der Waals surface area (Å²) < 4.78 is 0. The number of carbonyl (C=O) groups excluding carboxylic acids is 1. The summed E-state index contributed by atoms with van der Waals surface area (Å²) in [5, 5.41) is 6.08. The number of benzene rings is 1. The van der Waals surface area contributed by atoms with Gasteiger partial charge in [-0.25, -0.2) is 19.9 Å². The van der Waals surface area contributed by atoms with Crippen LogP contribution in [0.15, 0.2) is 42.6 Å². The van der Waals surface area contributed by atoms with E-state index in [9.17, 15) is 4.79 Å². The molecule has 2 N–H and O–H groups in total. The molecule has 7 heteroatoms. The van der Waals surface area contributed by atoms with Gasteiger partial charge in [-0.15, -0.1) is 0 Å². The van der Waals surface area contributed by atoms with E-state index in [4.69, 9.17) is 0 Å². The molecule has 0 aliphatic heterocycles. The van der Waals surface area contributed by atoms with Crippen molar-refractivity contribution in [1.82, 2.24) is 25.3 Å². The average Bonchev–Trinajstić information content (AvgIpc) is 2.68. The van der Waals surface area contributed by atoms with Crippen LogP contribution in [0.5, 0.6) is 0 Å². The van der Waals surface area contributed by atoms with Gasteiger partial charge in [-0.3, -0.25) is 4.79 Å². The van der Waals surface area contributed by atoms with E-state index in [2.05, 4.69) is 30.6 Å². The Labute approximate surface area is 164 Å². The van der Waals surface area contributed by atoms with Gasteiger partial charge in [0.2, 0.25) is 0 Å². The van der Waals surface area contributed by atoms with Crippen LogP contribution >= 0.6 is 0 Å². The second-order valence-corrected chi connectivity index (χ2v) is 6.45. The van der Waals surface area contributed by atoms with Crippen molar-refractivity contribution in [3.05, 3.63) is 65.4 Å². The molecule has 0 spiro atoms. The number of amides is 1. The summed E-state index contributed by atoms with van der Waals surface area (Å²) in [6, 6.07) is 11.0. The van der Waals surface area contributed by atoms with Crippen LogP contribution in [0.1, 0.15) is 34.5 Å². The lowest BCUT2D eigenvalue weighted by atomic mass is 10.1. The second-order valence-electron chi connectivity index (χ2n) is 6.45. The maximum atomic E-state index is 12.4. The van der Waals surface area contributed by atoms with E-state index < -0.39 is 0 Å². The number of aryl methyl sites for hydroxylation is 2. The van der Waals surface area contributed by atoms with Gasteiger partial charge in [0.1, 0.15) is 11.6 Å². The maximum absolute atomic E-state index is 12.4. The van der Waals surface area contributed by atoms with Crippen LogP contribution in [0.2, 0.25) is 0 Å². The van der Waals surface area contributed by atoms with Crippen molar-refractivity contribution in [3.63, 3.8) is 0 Å². The molecule has 1 amide bonds. The average molecular weight is 376 g/mol. The maximum Gasteiger partial charge on any atom is 0.251 e. The zero-order valence-corrected chi connectivity index (χ0v) is 16.4. The fraction of sp³-hybridized carbons (Fsp3) is 0.286. The number of anilines is 1. The van der Waals surface area contributed by atoms with Gasteiger partial charge in [0, 0.05) is 48.2 Å². The van der Waals surface area contributed by atoms with E-state index in [1.807, 2.05) is 45.0 Å². The second kappa shape index (κ2) is 9.03. The van der Waals surface area contributed by atoms with E-state index in [1.165, 1.54) is 0 Å². The Morgan fingerprint density at radius 1 is 1.00 bits per heavy atom. The van der Waals surface area contributed by atoms with Gasteiger partial charge in [-0.05, 0) is 45.0 Å². The first-order valence-corrected chi connectivity index (χ1v) is 9.32. The predicted octanol–water partition coefficient (Wildman–Crippen LogP) is 2.95. The lowest BCUT2D eigenvalue weighted by molar-refractivity contribution is 0.0954. The number of hydrogen-bond acceptors (Lipinski definition) is 6. The van der Waals surface area contributed by atoms with Gasteiger partial charge >= 0.3 is 0 Å². The zero-order chi connectivity index (χ0) is 19.9. The molecule has 0 unspecified atom stereocenters. The van der Waals surface area contributed by atoms with E-state index >= 15 is 0 Å². The molecule has 0 aliphatic carbocycles. The molecule has 3 aromatic rings. The van der Waals surface area contributed by atoms with Crippen molar-refractivity contribution in [2.75, 3.05) is 18.4 Å². The topological polar surface area (TPSA) is 92.7 Å². The van der Waals surface area contributed by atoms with Crippen molar-refractivity contribution >= 4 is 11.7 Å². The summed E-state index contributed by atoms with van der Waals surface area (Å²) in [5.41, 5.74) is 3.32. The van der Waals surface area contributed by atoms with Crippen molar-refractivity contribution in [2.45, 2.75) is 27.2 Å². The number of nitrogens with zero attached hydrogens (tertiary/aromatic N) is 4. The molecule has 0 bridgehead atoms. The smallest absolute Gasteiger partial charge is 0.251 e. The summed E-state index contributed by atoms with van der Waals surface area (Å²) in [5.74, 6) is 2.02. The zero-order valence-electron chi connectivity index (χ0n) is 16.4. The highest BCUT2D eigenvalue weighted by Gasteiger charge is 2.08. The molecule has 7 nitrogen and oxygen atoms in total. The van der Waals surface area contributed by atoms with Crippen LogP contribution in [-0.4, -0.2) is 38.9 Å². The third-order valence-electron chi connectivity index (χ3n) is 4.08. The highest BCUT2D eigenvalue weighted by Crippen LogP contribution is 2.17. The van der Waals surface area contributed by atoms with Crippen LogP contribution in [0.25, 0.3) is 11.4 Å². The predicted molar refractivity (Wildman–Crippen MR) is 109 cm³/mol. The summed E-state index contributed by atoms with van der Waals surface area (Å²) in [4.78, 5) is 29.9. The largest absolute Gasteiger partial charge is 0.370 e. The molecule has 28 heavy (non-hydrogen) atoms. The lowest BCUT2D eigenvalue weighted by Gasteiger charge is -2.07. The van der Waals surface area contributed by atoms with Crippen molar-refractivity contribution in [3.8, 4) is 11.4 Å². The quantitative estimate of drug-likeness (QED) is 0.659. The Kier molecular flexibility index (Phi) is 6.26. The third-order valence-corrected chi connectivity index (χ3v) is 4.08. The van der Waals surface area contributed by atoms with Gasteiger partial charge in [0.25, 0.3) is 5.91 Å². The molecular weight excluding hydrogens is 352 g/mol. The Hall–Kier alpha value is -3.35. The molecule has 0 saturated carbocycles. The van der Waals surface area contributed by atoms with E-state index in [0.717, 1.165) is 35.1 Å². The van der Waals surface area contributed by atoms with Crippen LogP contribution in [0.3, 0.4) is 0 Å². The third kappa shape index (κ3) is 5.09. The molecule has 2 aromatic heterocycles. The number of aromatic nitrogens is 4. The Balaban J connectivity index is 1.59. The molecule has 144 valence electrons. The van der Waals surface area contributed by atoms with Gasteiger partial charge in [-0.2, -0.15) is 0 Å². The number of nitrogens with one attached hydrogen (secondary N) is 2. The van der Waals surface area contributed by atoms with Crippen LogP contribution in [0.4, 0.5) is 5.82 Å². The summed E-state index contributed by atoms with van der Waals surface area (Å²) in [7, 11) is 0. The van der Waals surface area contributed by atoms with E-state index in [0.29, 0.717) is 24.4 Å². The van der Waals surface area contributed by atoms with Gasteiger partial charge < -0.3 is 10.6 Å². The first-order chi connectivity index (χ1) is 13.5. The minimum atomic E-state index is -0.127. The van der Waals surface area contributed by atoms with Crippen LogP contribution < -0.4 is 10.6 Å². The highest BCUT2D eigenvalue weighted by molar-refractivity contribution is 5.94. The molecule has 0 atom stereocenters. The standard InChI is InChI=1S/C21H24N6O/c1-4-22-18-9-11-23-20(27-18)16-5-7-17(8-6-16)21(28)24-12-10-19-25-14(2)13-15(3)26-19/h5-9,11,13H,4,10,12H2,1-3H3,(H,24,28)(H,22,23,27). The van der Waals surface area contributed by atoms with Crippen molar-refractivity contribution < 1.29 is 4.79 Å². The lowest BCUT2D eigenvalue weighted by Crippen LogP contribution is -2.26. The Morgan fingerprint density at radius 2 is 1.71 bits per heavy atom. The number of hydrogen-bond donors (Lipinski definition) is 2. The normalized spacial score (nSPS) is 10.5. The van der Waals surface area contributed by atoms with Crippen LogP contribution in [0, 0.1) is 13.8 Å². The van der Waals surface area contributed by atoms with Crippen LogP contribution in [-0.2, 0) is 6.42 Å². The molecule has 0 saturated heterocycles. The molecule has 2 heterocycles. The first-order valence-electron chi connectivity index (χ1n) is 9.32. The van der Waals surface area contributed by atoms with Gasteiger partial charge in [-0.1, -0.05) is 12.1 Å². The molecule has 0 radical (unpaired) electrons. The Bertz CT molecular complexity index is 935. The molecule has 0 fully saturated rings. The fourth-order valence-corrected chi connectivity index (χ4v) is 2.85. The molecular formula is C21H24N6O. The Morgan fingerprint density at radius 3 is 2.39 bits per heavy atom. The molecule has 1 aromatic carbocycles.